The van der Waals surface area contributed by atoms with Crippen molar-refractivity contribution in [3.63, 3.8) is 0 Å². The Morgan fingerprint density at radius 1 is 0.969 bits per heavy atom. The number of likely N-dealkylation sites (N-methyl/N-ethyl adjacent to an activating group) is 1. The average molecular weight is 940 g/mol. The van der Waals surface area contributed by atoms with Crippen LogP contribution in [0.4, 0.5) is 0 Å². The lowest BCUT2D eigenvalue weighted by Crippen LogP contribution is -2.66. The number of ether oxygens (including phenoxy) is 2. The number of guanidine groups is 1. The van der Waals surface area contributed by atoms with Crippen LogP contribution in [0.25, 0.3) is 0 Å². The third-order valence-electron chi connectivity index (χ3n) is 11.7. The van der Waals surface area contributed by atoms with Gasteiger partial charge < -0.3 is 57.1 Å². The number of benzene rings is 1. The summed E-state index contributed by atoms with van der Waals surface area (Å²) in [7, 11) is -2.52. The normalized spacial score (nSPS) is 26.8. The molecule has 0 radical (unpaired) electrons. The number of nitrogens with two attached hydrogens (primary N) is 2. The molecule has 6 amide bonds. The molecule has 65 heavy (non-hydrogen) atoms. The van der Waals surface area contributed by atoms with E-state index in [9.17, 15) is 51.6 Å². The van der Waals surface area contributed by atoms with Gasteiger partial charge in [-0.2, -0.15) is 8.42 Å². The summed E-state index contributed by atoms with van der Waals surface area (Å²) in [5.74, 6) is -8.05. The smallest absolute Gasteiger partial charge is 0.398 e. The van der Waals surface area contributed by atoms with Gasteiger partial charge in [-0.1, -0.05) is 70.9 Å². The first-order valence-electron chi connectivity index (χ1n) is 21.5. The van der Waals surface area contributed by atoms with Gasteiger partial charge in [0.1, 0.15) is 48.6 Å². The maximum Gasteiger partial charge on any atom is 0.398 e. The van der Waals surface area contributed by atoms with Gasteiger partial charge in [-0.05, 0) is 50.0 Å². The highest BCUT2D eigenvalue weighted by molar-refractivity contribution is 7.80. The predicted octanol–water partition coefficient (Wildman–Crippen LogP) is -1.77. The zero-order valence-electron chi connectivity index (χ0n) is 37.8. The molecule has 0 aliphatic carbocycles. The SMILES string of the molecule is CCC(C)C1NC(=O)C(Cc2ccccc2)N(C)C(=O)C(C(C)CC)N2C(=O)C(CCC2OC)NC(=O)C(CCCN=C(N)N)NC(=O)C(NC(=O)[C@@H](CO)OS(=O)(=O)O)C(C)OC1=O. The summed E-state index contributed by atoms with van der Waals surface area (Å²) in [5, 5.41) is 19.9. The highest BCUT2D eigenvalue weighted by Crippen LogP contribution is 2.29. The van der Waals surface area contributed by atoms with Gasteiger partial charge >= 0.3 is 16.4 Å². The molecular weight excluding hydrogens is 875 g/mol. The molecule has 11 atom stereocenters. The highest BCUT2D eigenvalue weighted by atomic mass is 32.3. The number of rotatable bonds is 16. The molecule has 10 unspecified atom stereocenters. The Morgan fingerprint density at radius 2 is 1.62 bits per heavy atom. The number of aliphatic imine (C=N–C) groups is 1. The summed E-state index contributed by atoms with van der Waals surface area (Å²) in [6.45, 7) is 6.86. The van der Waals surface area contributed by atoms with E-state index in [-0.39, 0.29) is 44.6 Å². The van der Waals surface area contributed by atoms with Crippen LogP contribution in [0.2, 0.25) is 0 Å². The summed E-state index contributed by atoms with van der Waals surface area (Å²) in [6, 6.07) is 0.177. The number of hydrogen-bond donors (Lipinski definition) is 8. The van der Waals surface area contributed by atoms with E-state index >= 15 is 0 Å². The molecule has 2 saturated heterocycles. The van der Waals surface area contributed by atoms with Crippen LogP contribution >= 0.6 is 0 Å². The third-order valence-corrected chi connectivity index (χ3v) is 12.1. The first kappa shape index (κ1) is 53.9. The molecule has 23 nitrogen and oxygen atoms in total. The van der Waals surface area contributed by atoms with E-state index in [1.54, 1.807) is 51.1 Å². The predicted molar refractivity (Wildman–Crippen MR) is 233 cm³/mol. The second-order valence-electron chi connectivity index (χ2n) is 16.3. The number of fused-ring (bicyclic) bond motifs is 2. The number of methoxy groups -OCH3 is 1. The Labute approximate surface area is 379 Å². The number of cyclic esters (lactones) is 1. The molecule has 1 aromatic rings. The Hall–Kier alpha value is -5.43. The maximum atomic E-state index is 15.0. The Morgan fingerprint density at radius 3 is 2.18 bits per heavy atom. The molecule has 2 fully saturated rings. The molecular formula is C41H65N9O14S. The summed E-state index contributed by atoms with van der Waals surface area (Å²) in [4.78, 5) is 107. The number of aliphatic hydroxyl groups is 1. The van der Waals surface area contributed by atoms with Crippen molar-refractivity contribution in [3.05, 3.63) is 35.9 Å². The van der Waals surface area contributed by atoms with E-state index < -0.39 is 125 Å². The van der Waals surface area contributed by atoms with Gasteiger partial charge in [-0.25, -0.2) is 8.98 Å². The van der Waals surface area contributed by atoms with Crippen molar-refractivity contribution >= 4 is 57.8 Å². The van der Waals surface area contributed by atoms with Gasteiger partial charge in [0.2, 0.25) is 29.5 Å². The fourth-order valence-electron chi connectivity index (χ4n) is 7.54. The number of carbonyl (C=O) groups excluding carboxylic acids is 7. The lowest BCUT2D eigenvalue weighted by molar-refractivity contribution is -0.171. The Kier molecular flexibility index (Phi) is 20.5. The molecule has 3 rings (SSSR count). The minimum absolute atomic E-state index is 0.00677. The number of aliphatic hydroxyl groups excluding tert-OH is 1. The van der Waals surface area contributed by atoms with E-state index in [0.29, 0.717) is 18.4 Å². The van der Waals surface area contributed by atoms with Gasteiger partial charge in [0.15, 0.2) is 12.1 Å². The van der Waals surface area contributed by atoms with Crippen LogP contribution in [0.15, 0.2) is 35.3 Å². The summed E-state index contributed by atoms with van der Waals surface area (Å²) >= 11 is 0. The number of nitrogens with zero attached hydrogens (tertiary/aromatic N) is 3. The fourth-order valence-corrected chi connectivity index (χ4v) is 7.98. The van der Waals surface area contributed by atoms with Crippen molar-refractivity contribution in [2.24, 2.45) is 28.3 Å². The highest BCUT2D eigenvalue weighted by Gasteiger charge is 2.47. The minimum atomic E-state index is -5.32. The molecule has 0 spiro atoms. The second-order valence-corrected chi connectivity index (χ2v) is 17.3. The summed E-state index contributed by atoms with van der Waals surface area (Å²) in [5.41, 5.74) is 11.6. The van der Waals surface area contributed by atoms with Crippen molar-refractivity contribution < 1.29 is 65.3 Å². The molecule has 10 N–H and O–H groups in total. The number of hydrogen-bond acceptors (Lipinski definition) is 14. The second kappa shape index (κ2) is 24.7. The van der Waals surface area contributed by atoms with Gasteiger partial charge in [-0.3, -0.25) is 38.3 Å². The fraction of sp³-hybridized carbons (Fsp3) is 0.659. The summed E-state index contributed by atoms with van der Waals surface area (Å²) < 4.78 is 48.0. The van der Waals surface area contributed by atoms with E-state index in [4.69, 9.17) is 20.9 Å². The number of nitrogens with one attached hydrogen (secondary N) is 4. The molecule has 2 bridgehead atoms. The molecule has 24 heteroatoms. The maximum absolute atomic E-state index is 15.0. The molecule has 2 heterocycles. The zero-order chi connectivity index (χ0) is 48.8. The lowest BCUT2D eigenvalue weighted by atomic mass is 9.91. The van der Waals surface area contributed by atoms with Crippen molar-refractivity contribution in [1.82, 2.24) is 31.1 Å². The quantitative estimate of drug-likeness (QED) is 0.0299. The molecule has 364 valence electrons. The first-order chi connectivity index (χ1) is 30.6. The first-order valence-corrected chi connectivity index (χ1v) is 22.8. The van der Waals surface area contributed by atoms with Gasteiger partial charge in [0, 0.05) is 27.1 Å². The van der Waals surface area contributed by atoms with Crippen molar-refractivity contribution in [3.8, 4) is 0 Å². The third kappa shape index (κ3) is 15.1. The summed E-state index contributed by atoms with van der Waals surface area (Å²) in [6.07, 6.45) is -4.08. The monoisotopic (exact) mass is 939 g/mol. The van der Waals surface area contributed by atoms with E-state index in [2.05, 4.69) is 30.4 Å². The Balaban J connectivity index is 2.29. The Bertz CT molecular complexity index is 1970. The largest absolute Gasteiger partial charge is 0.458 e. The van der Waals surface area contributed by atoms with Gasteiger partial charge in [-0.15, -0.1) is 0 Å². The van der Waals surface area contributed by atoms with Gasteiger partial charge in [0.25, 0.3) is 5.91 Å². The topological polar surface area (TPSA) is 341 Å². The van der Waals surface area contributed by atoms with E-state index in [1.807, 2.05) is 6.92 Å². The van der Waals surface area contributed by atoms with Crippen LogP contribution in [0.1, 0.15) is 78.7 Å². The number of carbonyl (C=O) groups is 7. The number of amides is 6. The lowest BCUT2D eigenvalue weighted by Gasteiger charge is -2.46. The molecule has 0 saturated carbocycles. The van der Waals surface area contributed by atoms with Crippen LogP contribution in [0, 0.1) is 11.8 Å². The van der Waals surface area contributed by atoms with E-state index in [0.717, 1.165) is 0 Å². The molecule has 2 aliphatic heterocycles. The zero-order valence-corrected chi connectivity index (χ0v) is 38.6. The molecule has 0 aromatic heterocycles. The van der Waals surface area contributed by atoms with Gasteiger partial charge in [0.05, 0.1) is 6.61 Å². The van der Waals surface area contributed by atoms with Crippen LogP contribution < -0.4 is 32.7 Å². The average Bonchev–Trinajstić information content (AvgIpc) is 3.26. The van der Waals surface area contributed by atoms with Crippen molar-refractivity contribution in [2.75, 3.05) is 27.3 Å². The molecule has 1 aromatic carbocycles. The number of esters is 1. The minimum Gasteiger partial charge on any atom is -0.458 e. The van der Waals surface area contributed by atoms with Crippen LogP contribution in [-0.2, 0) is 64.0 Å². The molecule has 2 aliphatic rings. The van der Waals surface area contributed by atoms with Crippen LogP contribution in [0.3, 0.4) is 0 Å². The number of piperidine rings is 1. The van der Waals surface area contributed by atoms with E-state index in [1.165, 1.54) is 30.9 Å². The van der Waals surface area contributed by atoms with Crippen molar-refractivity contribution in [1.29, 1.82) is 0 Å². The van der Waals surface area contributed by atoms with Crippen LogP contribution in [-0.4, -0.2) is 157 Å². The van der Waals surface area contributed by atoms with Crippen molar-refractivity contribution in [2.45, 2.75) is 134 Å². The van der Waals surface area contributed by atoms with Crippen LogP contribution in [0.5, 0.6) is 0 Å². The standard InChI is InChI=1S/C41H65N9O14S/c1-8-22(3)31-40(58)63-24(5)32(48-36(54)29(21-51)64-65(59,60)61)37(55)45-26(16-13-19-44-41(42)43)34(52)46-27-17-18-30(62-7)50(38(27)56)33(23(4)9-2)39(57)49(6)28(35(53)47-31)20-25-14-11-10-12-15-25/h10-12,14-15,22-24,26-33,51H,8-9,13,16-21H2,1-7H3,(H,45,55)(H,46,52)(H,47,53)(H,48,54)(H4,42,43,44)(H,59,60,61)/t22?,23?,24?,26?,27?,28?,29-,30?,31?,32?,33?/m1/s1.